The first kappa shape index (κ1) is 19.4. The number of rotatable bonds is 3. The van der Waals surface area contributed by atoms with Gasteiger partial charge in [-0.05, 0) is 19.3 Å². The van der Waals surface area contributed by atoms with Crippen LogP contribution in [0, 0.1) is 5.41 Å². The number of β-amino-alcohol motifs (C(OH)–C–C–N with tert-alkyl or cyclic N) is 1. The third kappa shape index (κ3) is 3.37. The smallest absolute Gasteiger partial charge is 0.345 e. The van der Waals surface area contributed by atoms with Gasteiger partial charge >= 0.3 is 5.97 Å². The molecule has 8 nitrogen and oxygen atoms in total. The molecule has 2 saturated heterocycles. The summed E-state index contributed by atoms with van der Waals surface area (Å²) >= 11 is 0. The molecule has 1 N–H and O–H groups in total. The number of methoxy groups -OCH3 is 1. The second-order valence-electron chi connectivity index (χ2n) is 7.88. The molecule has 0 saturated carbocycles. The number of nitrogens with zero attached hydrogens (tertiary/aromatic N) is 3. The number of likely N-dealkylation sites (tertiary alicyclic amines) is 1. The van der Waals surface area contributed by atoms with E-state index in [1.807, 2.05) is 35.2 Å². The van der Waals surface area contributed by atoms with Crippen LogP contribution in [-0.4, -0.2) is 66.9 Å². The fourth-order valence-electron chi connectivity index (χ4n) is 4.54. The molecule has 2 aromatic rings. The minimum Gasteiger partial charge on any atom is -0.465 e. The molecular weight excluding hydrogens is 374 g/mol. The zero-order valence-corrected chi connectivity index (χ0v) is 16.6. The zero-order chi connectivity index (χ0) is 20.6. The minimum atomic E-state index is -0.555. The Labute approximate surface area is 169 Å². The summed E-state index contributed by atoms with van der Waals surface area (Å²) in [6, 6.07) is 9.30. The minimum absolute atomic E-state index is 0.0840. The summed E-state index contributed by atoms with van der Waals surface area (Å²) in [4.78, 5) is 28.9. The number of ether oxygens (including phenoxy) is 1. The van der Waals surface area contributed by atoms with Crippen molar-refractivity contribution in [2.75, 3.05) is 38.7 Å². The molecule has 1 aromatic heterocycles. The molecule has 4 rings (SSSR count). The number of aliphatic hydroxyl groups is 1. The molecule has 2 fully saturated rings. The normalized spacial score (nSPS) is 21.5. The van der Waals surface area contributed by atoms with Crippen molar-refractivity contribution >= 4 is 17.7 Å². The van der Waals surface area contributed by atoms with E-state index in [1.54, 1.807) is 11.9 Å². The molecule has 8 heteroatoms. The van der Waals surface area contributed by atoms with E-state index in [4.69, 9.17) is 9.26 Å². The summed E-state index contributed by atoms with van der Waals surface area (Å²) in [5.74, 6) is 0.379. The van der Waals surface area contributed by atoms with Crippen LogP contribution >= 0.6 is 0 Å². The van der Waals surface area contributed by atoms with E-state index < -0.39 is 17.5 Å². The summed E-state index contributed by atoms with van der Waals surface area (Å²) in [5, 5.41) is 14.4. The molecule has 0 aliphatic carbocycles. The number of carbonyl (C=O) groups excluding carboxylic acids is 2. The number of anilines is 1. The van der Waals surface area contributed by atoms with Gasteiger partial charge in [0.05, 0.1) is 18.6 Å². The molecular formula is C21H25N3O5. The number of hydrogen-bond donors (Lipinski definition) is 1. The molecule has 0 radical (unpaired) electrons. The number of piperidine rings is 2. The maximum Gasteiger partial charge on any atom is 0.345 e. The van der Waals surface area contributed by atoms with Crippen molar-refractivity contribution in [3.63, 3.8) is 0 Å². The Morgan fingerprint density at radius 2 is 1.97 bits per heavy atom. The Kier molecular flexibility index (Phi) is 5.04. The van der Waals surface area contributed by atoms with Crippen LogP contribution in [0.1, 0.15) is 29.6 Å². The molecule has 3 heterocycles. The number of benzene rings is 1. The van der Waals surface area contributed by atoms with Crippen molar-refractivity contribution in [3.8, 4) is 11.3 Å². The Hall–Kier alpha value is -2.87. The topological polar surface area (TPSA) is 96.1 Å². The molecule has 154 valence electrons. The maximum absolute atomic E-state index is 12.8. The number of aliphatic hydroxyl groups excluding tert-OH is 1. The van der Waals surface area contributed by atoms with Gasteiger partial charge in [0.25, 0.3) is 0 Å². The Bertz CT molecular complexity index is 902. The standard InChI is InChI=1S/C21H25N3O5/c1-23-13-15(25)12-21(20(23)27)8-10-24(11-9-21)18-16(19(26)28-2)17(29-22-18)14-6-4-3-5-7-14/h3-7,15,25H,8-13H2,1-2H3. The zero-order valence-electron chi connectivity index (χ0n) is 16.6. The second-order valence-corrected chi connectivity index (χ2v) is 7.88. The lowest BCUT2D eigenvalue weighted by Crippen LogP contribution is -2.56. The molecule has 1 spiro atoms. The number of amides is 1. The van der Waals surface area contributed by atoms with E-state index in [9.17, 15) is 14.7 Å². The summed E-state index contributed by atoms with van der Waals surface area (Å²) in [6.45, 7) is 1.45. The average Bonchev–Trinajstić information content (AvgIpc) is 3.17. The number of hydrogen-bond acceptors (Lipinski definition) is 7. The highest BCUT2D eigenvalue weighted by molar-refractivity contribution is 6.00. The summed E-state index contributed by atoms with van der Waals surface area (Å²) in [7, 11) is 3.06. The van der Waals surface area contributed by atoms with Gasteiger partial charge in [-0.25, -0.2) is 4.79 Å². The van der Waals surface area contributed by atoms with Crippen LogP contribution in [0.25, 0.3) is 11.3 Å². The summed E-state index contributed by atoms with van der Waals surface area (Å²) in [6.07, 6.45) is 1.14. The van der Waals surface area contributed by atoms with E-state index in [2.05, 4.69) is 5.16 Å². The fraction of sp³-hybridized carbons (Fsp3) is 0.476. The number of aromatic nitrogens is 1. The number of likely N-dealkylation sites (N-methyl/N-ethyl adjacent to an activating group) is 1. The largest absolute Gasteiger partial charge is 0.465 e. The lowest BCUT2D eigenvalue weighted by atomic mass is 9.71. The highest BCUT2D eigenvalue weighted by atomic mass is 16.5. The van der Waals surface area contributed by atoms with Crippen LogP contribution in [0.15, 0.2) is 34.9 Å². The third-order valence-corrected chi connectivity index (χ3v) is 6.03. The van der Waals surface area contributed by atoms with E-state index in [-0.39, 0.29) is 5.91 Å². The predicted molar refractivity (Wildman–Crippen MR) is 105 cm³/mol. The van der Waals surface area contributed by atoms with Crippen molar-refractivity contribution in [3.05, 3.63) is 35.9 Å². The molecule has 0 bridgehead atoms. The summed E-state index contributed by atoms with van der Waals surface area (Å²) in [5.41, 5.74) is 0.481. The molecule has 29 heavy (non-hydrogen) atoms. The van der Waals surface area contributed by atoms with Gasteiger partial charge in [0.15, 0.2) is 17.1 Å². The molecule has 1 aromatic carbocycles. The van der Waals surface area contributed by atoms with Crippen LogP contribution in [0.3, 0.4) is 0 Å². The van der Waals surface area contributed by atoms with Crippen molar-refractivity contribution in [2.24, 2.45) is 5.41 Å². The van der Waals surface area contributed by atoms with E-state index in [1.165, 1.54) is 7.11 Å². The van der Waals surface area contributed by atoms with Gasteiger partial charge in [0.1, 0.15) is 0 Å². The Morgan fingerprint density at radius 3 is 2.62 bits per heavy atom. The second kappa shape index (κ2) is 7.51. The van der Waals surface area contributed by atoms with Crippen molar-refractivity contribution in [1.82, 2.24) is 10.1 Å². The number of esters is 1. The van der Waals surface area contributed by atoms with Gasteiger partial charge in [-0.2, -0.15) is 0 Å². The van der Waals surface area contributed by atoms with Crippen molar-refractivity contribution < 1.29 is 24.0 Å². The van der Waals surface area contributed by atoms with Gasteiger partial charge in [-0.3, -0.25) is 4.79 Å². The predicted octanol–water partition coefficient (Wildman–Crippen LogP) is 1.94. The van der Waals surface area contributed by atoms with Gasteiger partial charge in [-0.1, -0.05) is 35.5 Å². The van der Waals surface area contributed by atoms with Crippen LogP contribution in [0.2, 0.25) is 0 Å². The SMILES string of the molecule is COC(=O)c1c(N2CCC3(CC2)CC(O)CN(C)C3=O)noc1-c1ccccc1. The molecule has 1 unspecified atom stereocenters. The third-order valence-electron chi connectivity index (χ3n) is 6.03. The van der Waals surface area contributed by atoms with E-state index in [0.29, 0.717) is 56.0 Å². The van der Waals surface area contributed by atoms with Crippen LogP contribution in [0.4, 0.5) is 5.82 Å². The van der Waals surface area contributed by atoms with Gasteiger partial charge in [0, 0.05) is 32.2 Å². The molecule has 1 amide bonds. The van der Waals surface area contributed by atoms with Crippen LogP contribution in [-0.2, 0) is 9.53 Å². The van der Waals surface area contributed by atoms with E-state index >= 15 is 0 Å². The van der Waals surface area contributed by atoms with Crippen molar-refractivity contribution in [1.29, 1.82) is 0 Å². The first-order valence-corrected chi connectivity index (χ1v) is 9.77. The fourth-order valence-corrected chi connectivity index (χ4v) is 4.54. The summed E-state index contributed by atoms with van der Waals surface area (Å²) < 4.78 is 10.5. The lowest BCUT2D eigenvalue weighted by molar-refractivity contribution is -0.152. The monoisotopic (exact) mass is 399 g/mol. The Morgan fingerprint density at radius 1 is 1.28 bits per heavy atom. The quantitative estimate of drug-likeness (QED) is 0.788. The van der Waals surface area contributed by atoms with E-state index in [0.717, 1.165) is 5.56 Å². The highest BCUT2D eigenvalue weighted by Gasteiger charge is 2.48. The maximum atomic E-state index is 12.8. The van der Waals surface area contributed by atoms with Gasteiger partial charge < -0.3 is 24.2 Å². The first-order chi connectivity index (χ1) is 13.9. The first-order valence-electron chi connectivity index (χ1n) is 9.77. The van der Waals surface area contributed by atoms with Crippen LogP contribution in [0.5, 0.6) is 0 Å². The Balaban J connectivity index is 1.61. The van der Waals surface area contributed by atoms with Crippen LogP contribution < -0.4 is 4.90 Å². The average molecular weight is 399 g/mol. The number of carbonyl (C=O) groups is 2. The molecule has 1 atom stereocenters. The molecule has 2 aliphatic rings. The van der Waals surface area contributed by atoms with Gasteiger partial charge in [0.2, 0.25) is 5.91 Å². The lowest BCUT2D eigenvalue weighted by Gasteiger charge is -2.47. The molecule has 2 aliphatic heterocycles. The van der Waals surface area contributed by atoms with Gasteiger partial charge in [-0.15, -0.1) is 0 Å². The highest BCUT2D eigenvalue weighted by Crippen LogP contribution is 2.42. The van der Waals surface area contributed by atoms with Crippen molar-refractivity contribution in [2.45, 2.75) is 25.4 Å².